The highest BCUT2D eigenvalue weighted by Gasteiger charge is 2.25. The van der Waals surface area contributed by atoms with E-state index in [2.05, 4.69) is 26.0 Å². The van der Waals surface area contributed by atoms with Crippen molar-refractivity contribution in [3.05, 3.63) is 12.2 Å². The number of carbonyl (C=O) groups is 2. The van der Waals surface area contributed by atoms with Crippen LogP contribution in [-0.2, 0) is 32.7 Å². The molecule has 0 aromatic heterocycles. The summed E-state index contributed by atoms with van der Waals surface area (Å²) in [6, 6.07) is 0. The van der Waals surface area contributed by atoms with Gasteiger partial charge in [0.25, 0.3) is 0 Å². The number of carbonyl (C=O) groups excluding carboxylic acids is 2. The normalized spacial score (nSPS) is 13.7. The SMILES string of the molecule is CCCCC/C=C\CCCCCCCC(=O)O[C@@H](COC(=O)CCCCCCCCCCCCC)COP(=O)(O)OCC. The number of allylic oxidation sites excluding steroid dienone is 2. The molecule has 0 rings (SSSR count). The lowest BCUT2D eigenvalue weighted by atomic mass is 10.1. The van der Waals surface area contributed by atoms with Crippen molar-refractivity contribution in [1.82, 2.24) is 0 Å². The fourth-order valence-corrected chi connectivity index (χ4v) is 5.50. The summed E-state index contributed by atoms with van der Waals surface area (Å²) in [5, 5.41) is 0. The molecule has 0 aliphatic carbocycles. The van der Waals surface area contributed by atoms with Crippen molar-refractivity contribution in [2.45, 2.75) is 175 Å². The van der Waals surface area contributed by atoms with Gasteiger partial charge in [-0.25, -0.2) is 4.57 Å². The van der Waals surface area contributed by atoms with Crippen molar-refractivity contribution in [2.75, 3.05) is 19.8 Å². The summed E-state index contributed by atoms with van der Waals surface area (Å²) in [5.74, 6) is -0.807. The molecule has 0 radical (unpaired) electrons. The van der Waals surface area contributed by atoms with E-state index in [1.807, 2.05) is 0 Å². The van der Waals surface area contributed by atoms with Crippen LogP contribution in [0.2, 0.25) is 0 Å². The zero-order valence-electron chi connectivity index (χ0n) is 27.9. The molecule has 0 bridgehead atoms. The molecule has 0 fully saturated rings. The summed E-state index contributed by atoms with van der Waals surface area (Å²) in [4.78, 5) is 34.4. The van der Waals surface area contributed by atoms with Crippen LogP contribution in [0, 0.1) is 0 Å². The number of unbranched alkanes of at least 4 members (excludes halogenated alkanes) is 18. The number of hydrogen-bond acceptors (Lipinski definition) is 7. The van der Waals surface area contributed by atoms with Crippen molar-refractivity contribution in [3.8, 4) is 0 Å². The number of esters is 2. The molecule has 0 saturated carbocycles. The Bertz CT molecular complexity index is 727. The van der Waals surface area contributed by atoms with Crippen LogP contribution < -0.4 is 0 Å². The number of phosphoric ester groups is 1. The Balaban J connectivity index is 4.21. The molecule has 0 aliphatic heterocycles. The van der Waals surface area contributed by atoms with Gasteiger partial charge in [-0.3, -0.25) is 18.6 Å². The molecule has 0 amide bonds. The molecule has 9 heteroatoms. The molecule has 2 atom stereocenters. The molecule has 0 saturated heterocycles. The molecule has 0 aromatic carbocycles. The lowest BCUT2D eigenvalue weighted by molar-refractivity contribution is -0.161. The molecule has 0 aromatic rings. The van der Waals surface area contributed by atoms with Crippen LogP contribution in [0.25, 0.3) is 0 Å². The first-order chi connectivity index (χ1) is 20.8. The van der Waals surface area contributed by atoms with E-state index in [-0.39, 0.29) is 25.6 Å². The van der Waals surface area contributed by atoms with Crippen LogP contribution >= 0.6 is 7.82 Å². The first-order valence-electron chi connectivity index (χ1n) is 17.5. The molecular weight excluding hydrogens is 567 g/mol. The maximum absolute atomic E-state index is 12.4. The second kappa shape index (κ2) is 30.8. The van der Waals surface area contributed by atoms with Crippen LogP contribution in [0.4, 0.5) is 0 Å². The zero-order valence-corrected chi connectivity index (χ0v) is 28.8. The van der Waals surface area contributed by atoms with Crippen LogP contribution in [0.3, 0.4) is 0 Å². The van der Waals surface area contributed by atoms with Gasteiger partial charge < -0.3 is 14.4 Å². The minimum absolute atomic E-state index is 0.00141. The smallest absolute Gasteiger partial charge is 0.462 e. The Kier molecular flexibility index (Phi) is 29.9. The Morgan fingerprint density at radius 2 is 1.05 bits per heavy atom. The minimum Gasteiger partial charge on any atom is -0.462 e. The molecule has 0 aliphatic rings. The van der Waals surface area contributed by atoms with E-state index in [1.54, 1.807) is 6.92 Å². The molecule has 0 spiro atoms. The second-order valence-electron chi connectivity index (χ2n) is 11.5. The van der Waals surface area contributed by atoms with E-state index < -0.39 is 26.5 Å². The van der Waals surface area contributed by atoms with Crippen molar-refractivity contribution < 1.29 is 37.6 Å². The van der Waals surface area contributed by atoms with Crippen LogP contribution in [0.1, 0.15) is 168 Å². The average molecular weight is 633 g/mol. The Morgan fingerprint density at radius 1 is 0.605 bits per heavy atom. The van der Waals surface area contributed by atoms with E-state index in [0.29, 0.717) is 12.8 Å². The summed E-state index contributed by atoms with van der Waals surface area (Å²) < 4.78 is 32.4. The molecule has 1 unspecified atom stereocenters. The second-order valence-corrected chi connectivity index (χ2v) is 13.0. The minimum atomic E-state index is -4.26. The van der Waals surface area contributed by atoms with Crippen LogP contribution in [0.15, 0.2) is 12.2 Å². The predicted octanol–water partition coefficient (Wildman–Crippen LogP) is 10.2. The highest BCUT2D eigenvalue weighted by Crippen LogP contribution is 2.43. The van der Waals surface area contributed by atoms with Crippen molar-refractivity contribution in [1.29, 1.82) is 0 Å². The summed E-state index contributed by atoms with van der Waals surface area (Å²) in [7, 11) is -4.26. The van der Waals surface area contributed by atoms with Gasteiger partial charge in [-0.2, -0.15) is 0 Å². The highest BCUT2D eigenvalue weighted by atomic mass is 31.2. The van der Waals surface area contributed by atoms with Crippen LogP contribution in [-0.4, -0.2) is 42.8 Å². The molecular formula is C34H65O8P. The van der Waals surface area contributed by atoms with Gasteiger partial charge in [0, 0.05) is 12.8 Å². The van der Waals surface area contributed by atoms with Gasteiger partial charge in [0.1, 0.15) is 6.61 Å². The van der Waals surface area contributed by atoms with Gasteiger partial charge in [-0.05, 0) is 45.4 Å². The monoisotopic (exact) mass is 632 g/mol. The number of ether oxygens (including phenoxy) is 2. The van der Waals surface area contributed by atoms with Crippen LogP contribution in [0.5, 0.6) is 0 Å². The number of rotatable bonds is 32. The van der Waals surface area contributed by atoms with Gasteiger partial charge in [-0.1, -0.05) is 122 Å². The maximum atomic E-state index is 12.4. The fourth-order valence-electron chi connectivity index (χ4n) is 4.74. The summed E-state index contributed by atoms with van der Waals surface area (Å²) >= 11 is 0. The quantitative estimate of drug-likeness (QED) is 0.0338. The standard InChI is InChI=1S/C34H65O8P/c1-4-7-9-11-13-15-17-19-21-23-25-27-29-34(36)42-32(31-41-43(37,38)40-6-3)30-39-33(35)28-26-24-22-20-18-16-14-12-10-8-5-2/h13,15,32H,4-12,14,16-31H2,1-3H3,(H,37,38)/b15-13-/t32-/m0/s1. The summed E-state index contributed by atoms with van der Waals surface area (Å²) in [6.07, 6.45) is 28.3. The Morgan fingerprint density at radius 3 is 1.58 bits per heavy atom. The number of phosphoric acid groups is 1. The maximum Gasteiger partial charge on any atom is 0.472 e. The lowest BCUT2D eigenvalue weighted by Crippen LogP contribution is -2.29. The fraction of sp³-hybridized carbons (Fsp3) is 0.882. The van der Waals surface area contributed by atoms with Gasteiger partial charge in [-0.15, -0.1) is 0 Å². The van der Waals surface area contributed by atoms with E-state index in [9.17, 15) is 19.0 Å². The third kappa shape index (κ3) is 30.6. The van der Waals surface area contributed by atoms with Crippen molar-refractivity contribution >= 4 is 19.8 Å². The Hall–Kier alpha value is -1.21. The van der Waals surface area contributed by atoms with E-state index in [1.165, 1.54) is 77.0 Å². The van der Waals surface area contributed by atoms with E-state index >= 15 is 0 Å². The van der Waals surface area contributed by atoms with Crippen molar-refractivity contribution in [3.63, 3.8) is 0 Å². The predicted molar refractivity (Wildman–Crippen MR) is 175 cm³/mol. The number of hydrogen-bond donors (Lipinski definition) is 1. The largest absolute Gasteiger partial charge is 0.472 e. The highest BCUT2D eigenvalue weighted by molar-refractivity contribution is 7.47. The average Bonchev–Trinajstić information content (AvgIpc) is 2.97. The van der Waals surface area contributed by atoms with E-state index in [0.717, 1.165) is 51.4 Å². The summed E-state index contributed by atoms with van der Waals surface area (Å²) in [5.41, 5.74) is 0. The lowest BCUT2D eigenvalue weighted by Gasteiger charge is -2.19. The molecule has 0 heterocycles. The van der Waals surface area contributed by atoms with Gasteiger partial charge >= 0.3 is 19.8 Å². The topological polar surface area (TPSA) is 108 Å². The van der Waals surface area contributed by atoms with E-state index in [4.69, 9.17) is 18.5 Å². The third-order valence-corrected chi connectivity index (χ3v) is 8.38. The molecule has 8 nitrogen and oxygen atoms in total. The van der Waals surface area contributed by atoms with Crippen molar-refractivity contribution in [2.24, 2.45) is 0 Å². The molecule has 43 heavy (non-hydrogen) atoms. The first-order valence-corrected chi connectivity index (χ1v) is 19.0. The first kappa shape index (κ1) is 41.8. The molecule has 1 N–H and O–H groups in total. The van der Waals surface area contributed by atoms with Gasteiger partial charge in [0.2, 0.25) is 0 Å². The van der Waals surface area contributed by atoms with Gasteiger partial charge in [0.15, 0.2) is 6.10 Å². The Labute approximate surface area is 263 Å². The zero-order chi connectivity index (χ0) is 31.9. The third-order valence-electron chi connectivity index (χ3n) is 7.32. The van der Waals surface area contributed by atoms with Gasteiger partial charge in [0.05, 0.1) is 13.2 Å². The summed E-state index contributed by atoms with van der Waals surface area (Å²) in [6.45, 7) is 5.41. The molecule has 254 valence electrons.